The Labute approximate surface area is 181 Å². The first-order chi connectivity index (χ1) is 14.6. The second-order valence-electron chi connectivity index (χ2n) is 7.92. The van der Waals surface area contributed by atoms with Crippen LogP contribution in [0.4, 0.5) is 0 Å². The van der Waals surface area contributed by atoms with Gasteiger partial charge in [-0.2, -0.15) is 0 Å². The highest BCUT2D eigenvalue weighted by Crippen LogP contribution is 2.52. The van der Waals surface area contributed by atoms with Crippen LogP contribution in [0.5, 0.6) is 0 Å². The zero-order chi connectivity index (χ0) is 20.7. The molecule has 3 aromatic rings. The maximum absolute atomic E-state index is 13.0. The van der Waals surface area contributed by atoms with E-state index in [1.54, 1.807) is 17.8 Å². The van der Waals surface area contributed by atoms with Crippen LogP contribution in [-0.2, 0) is 0 Å². The van der Waals surface area contributed by atoms with Crippen molar-refractivity contribution in [1.29, 1.82) is 0 Å². The van der Waals surface area contributed by atoms with E-state index in [1.165, 1.54) is 21.7 Å². The molecule has 0 radical (unpaired) electrons. The smallest absolute Gasteiger partial charge is 0.188 e. The summed E-state index contributed by atoms with van der Waals surface area (Å²) >= 11 is 1.74. The molecule has 0 bridgehead atoms. The van der Waals surface area contributed by atoms with Crippen molar-refractivity contribution in [3.8, 4) is 11.1 Å². The molecule has 3 heteroatoms. The predicted molar refractivity (Wildman–Crippen MR) is 126 cm³/mol. The van der Waals surface area contributed by atoms with E-state index in [-0.39, 0.29) is 5.78 Å². The Bertz CT molecular complexity index is 1170. The van der Waals surface area contributed by atoms with Crippen LogP contribution in [0.2, 0.25) is 0 Å². The van der Waals surface area contributed by atoms with Gasteiger partial charge in [-0.3, -0.25) is 4.79 Å². The van der Waals surface area contributed by atoms with Crippen molar-refractivity contribution in [3.63, 3.8) is 0 Å². The number of nitrogens with zero attached hydrogens (tertiary/aromatic N) is 1. The standard InChI is InChI=1S/C27H23NOS/c1-18-16-25-27(23-11-7-6-10-22(18)23)28(2)26(30-25)17-24(29)21-14-12-20(13-15-21)19-8-4-3-5-9-19/h3-15,17-18H,16H2,1-2H3/b26-17-. The minimum Gasteiger partial charge on any atom is -0.338 e. The van der Waals surface area contributed by atoms with E-state index in [0.29, 0.717) is 5.92 Å². The van der Waals surface area contributed by atoms with Crippen molar-refractivity contribution >= 4 is 23.2 Å². The molecule has 1 heterocycles. The molecule has 1 atom stereocenters. The number of carbonyl (C=O) groups is 1. The number of ketones is 1. The van der Waals surface area contributed by atoms with Crippen molar-refractivity contribution in [3.05, 3.63) is 112 Å². The summed E-state index contributed by atoms with van der Waals surface area (Å²) in [6, 6.07) is 26.8. The van der Waals surface area contributed by atoms with Crippen LogP contribution in [-0.4, -0.2) is 17.7 Å². The van der Waals surface area contributed by atoms with Crippen molar-refractivity contribution in [2.75, 3.05) is 7.05 Å². The molecular formula is C27H23NOS. The molecule has 0 fully saturated rings. The van der Waals surface area contributed by atoms with E-state index in [0.717, 1.165) is 28.1 Å². The number of fused-ring (bicyclic) bond motifs is 2. The van der Waals surface area contributed by atoms with Gasteiger partial charge in [-0.05, 0) is 29.0 Å². The highest BCUT2D eigenvalue weighted by atomic mass is 32.2. The fraction of sp³-hybridized carbons (Fsp3) is 0.148. The molecular weight excluding hydrogens is 386 g/mol. The van der Waals surface area contributed by atoms with E-state index in [1.807, 2.05) is 42.5 Å². The van der Waals surface area contributed by atoms with Gasteiger partial charge in [0.25, 0.3) is 0 Å². The Morgan fingerprint density at radius 1 is 0.933 bits per heavy atom. The predicted octanol–water partition coefficient (Wildman–Crippen LogP) is 6.93. The lowest BCUT2D eigenvalue weighted by atomic mass is 9.86. The van der Waals surface area contributed by atoms with Crippen LogP contribution in [0.3, 0.4) is 0 Å². The number of hydrogen-bond acceptors (Lipinski definition) is 3. The third-order valence-electron chi connectivity index (χ3n) is 5.93. The van der Waals surface area contributed by atoms with E-state index < -0.39 is 0 Å². The molecule has 2 nitrogen and oxygen atoms in total. The zero-order valence-corrected chi connectivity index (χ0v) is 17.9. The average molecular weight is 410 g/mol. The second kappa shape index (κ2) is 7.66. The fourth-order valence-corrected chi connectivity index (χ4v) is 5.64. The van der Waals surface area contributed by atoms with Gasteiger partial charge in [0.1, 0.15) is 0 Å². The van der Waals surface area contributed by atoms with E-state index >= 15 is 0 Å². The first-order valence-electron chi connectivity index (χ1n) is 10.3. The third-order valence-corrected chi connectivity index (χ3v) is 7.13. The molecule has 2 aliphatic rings. The molecule has 148 valence electrons. The van der Waals surface area contributed by atoms with Gasteiger partial charge in [-0.15, -0.1) is 0 Å². The molecule has 0 aromatic heterocycles. The van der Waals surface area contributed by atoms with E-state index in [4.69, 9.17) is 0 Å². The number of rotatable bonds is 3. The van der Waals surface area contributed by atoms with Crippen LogP contribution in [0.15, 0.2) is 94.9 Å². The van der Waals surface area contributed by atoms with Gasteiger partial charge in [-0.1, -0.05) is 97.5 Å². The number of allylic oxidation sites excluding steroid dienone is 2. The first-order valence-corrected chi connectivity index (χ1v) is 11.1. The fourth-order valence-electron chi connectivity index (χ4n) is 4.32. The van der Waals surface area contributed by atoms with Crippen LogP contribution in [0.1, 0.15) is 40.7 Å². The number of hydrogen-bond donors (Lipinski definition) is 0. The SMILES string of the molecule is CC1CC2=C(c3ccccc31)N(C)/C(=C/C(=O)c1ccc(-c3ccccc3)cc1)S2. The van der Waals surface area contributed by atoms with Gasteiger partial charge < -0.3 is 4.90 Å². The molecule has 5 rings (SSSR count). The van der Waals surface area contributed by atoms with Crippen LogP contribution < -0.4 is 0 Å². The first kappa shape index (κ1) is 19.0. The maximum Gasteiger partial charge on any atom is 0.188 e. The highest BCUT2D eigenvalue weighted by Gasteiger charge is 2.33. The number of thioether (sulfide) groups is 1. The Morgan fingerprint density at radius 3 is 2.37 bits per heavy atom. The Balaban J connectivity index is 1.40. The summed E-state index contributed by atoms with van der Waals surface area (Å²) in [5.74, 6) is 0.548. The number of carbonyl (C=O) groups excluding carboxylic acids is 1. The lowest BCUT2D eigenvalue weighted by molar-refractivity contribution is 0.104. The minimum absolute atomic E-state index is 0.0464. The summed E-state index contributed by atoms with van der Waals surface area (Å²) < 4.78 is 0. The Kier molecular flexibility index (Phi) is 4.84. The molecule has 0 saturated heterocycles. The lowest BCUT2D eigenvalue weighted by Crippen LogP contribution is -2.15. The molecule has 3 aromatic carbocycles. The summed E-state index contributed by atoms with van der Waals surface area (Å²) in [4.78, 5) is 16.5. The summed E-state index contributed by atoms with van der Waals surface area (Å²) in [6.07, 6.45) is 2.81. The van der Waals surface area contributed by atoms with Gasteiger partial charge in [0.05, 0.1) is 10.7 Å². The quantitative estimate of drug-likeness (QED) is 0.345. The summed E-state index contributed by atoms with van der Waals surface area (Å²) in [5, 5.41) is 1.00. The van der Waals surface area contributed by atoms with Crippen molar-refractivity contribution in [2.24, 2.45) is 0 Å². The zero-order valence-electron chi connectivity index (χ0n) is 17.1. The van der Waals surface area contributed by atoms with Crippen LogP contribution >= 0.6 is 11.8 Å². The largest absolute Gasteiger partial charge is 0.338 e. The topological polar surface area (TPSA) is 20.3 Å². The maximum atomic E-state index is 13.0. The molecule has 0 amide bonds. The van der Waals surface area contributed by atoms with E-state index in [2.05, 4.69) is 55.3 Å². The monoisotopic (exact) mass is 409 g/mol. The molecule has 30 heavy (non-hydrogen) atoms. The van der Waals surface area contributed by atoms with E-state index in [9.17, 15) is 4.79 Å². The minimum atomic E-state index is 0.0464. The van der Waals surface area contributed by atoms with Gasteiger partial charge in [0.15, 0.2) is 5.78 Å². The molecule has 0 saturated carbocycles. The van der Waals surface area contributed by atoms with Crippen LogP contribution in [0.25, 0.3) is 16.8 Å². The molecule has 0 spiro atoms. The average Bonchev–Trinajstić information content (AvgIpc) is 3.09. The summed E-state index contributed by atoms with van der Waals surface area (Å²) in [7, 11) is 2.07. The van der Waals surface area contributed by atoms with Gasteiger partial charge >= 0.3 is 0 Å². The molecule has 0 N–H and O–H groups in total. The molecule has 1 aliphatic carbocycles. The van der Waals surface area contributed by atoms with Gasteiger partial charge in [0, 0.05) is 29.2 Å². The normalized spacial score (nSPS) is 19.1. The summed E-state index contributed by atoms with van der Waals surface area (Å²) in [6.45, 7) is 2.28. The highest BCUT2D eigenvalue weighted by molar-refractivity contribution is 8.07. The molecule has 1 unspecified atom stereocenters. The Morgan fingerprint density at radius 2 is 1.60 bits per heavy atom. The van der Waals surface area contributed by atoms with Crippen molar-refractivity contribution in [1.82, 2.24) is 4.90 Å². The summed E-state index contributed by atoms with van der Waals surface area (Å²) in [5.41, 5.74) is 6.94. The third kappa shape index (κ3) is 3.29. The number of benzene rings is 3. The molecule has 1 aliphatic heterocycles. The van der Waals surface area contributed by atoms with Crippen molar-refractivity contribution < 1.29 is 4.79 Å². The van der Waals surface area contributed by atoms with Crippen LogP contribution in [0, 0.1) is 0 Å². The van der Waals surface area contributed by atoms with Crippen molar-refractivity contribution in [2.45, 2.75) is 19.3 Å². The second-order valence-corrected chi connectivity index (χ2v) is 9.03. The Hall–Kier alpha value is -3.04. The lowest BCUT2D eigenvalue weighted by Gasteiger charge is -2.26. The van der Waals surface area contributed by atoms with Gasteiger partial charge in [-0.25, -0.2) is 0 Å². The van der Waals surface area contributed by atoms with Gasteiger partial charge in [0.2, 0.25) is 0 Å².